The van der Waals surface area contributed by atoms with Crippen molar-refractivity contribution in [2.24, 2.45) is 24.8 Å². The number of nitrogens with one attached hydrogen (secondary N) is 1. The molecule has 0 spiro atoms. The Morgan fingerprint density at radius 3 is 1.64 bits per heavy atom. The summed E-state index contributed by atoms with van der Waals surface area (Å²) in [5, 5.41) is 21.7. The van der Waals surface area contributed by atoms with Gasteiger partial charge in [-0.3, -0.25) is 9.59 Å². The van der Waals surface area contributed by atoms with E-state index in [0.717, 1.165) is 12.1 Å². The maximum atomic E-state index is 13.8. The highest BCUT2D eigenvalue weighted by atomic mass is 19.4. The number of nitrogens with two attached hydrogens (primary N) is 1. The molecule has 0 fully saturated rings. The van der Waals surface area contributed by atoms with Gasteiger partial charge in [-0.05, 0) is 95.6 Å². The summed E-state index contributed by atoms with van der Waals surface area (Å²) in [4.78, 5) is 45.2. The summed E-state index contributed by atoms with van der Waals surface area (Å²) in [6.45, 7) is 7.47. The van der Waals surface area contributed by atoms with Crippen LogP contribution >= 0.6 is 0 Å². The molecule has 6 aromatic rings. The average Bonchev–Trinajstić information content (AvgIpc) is 3.93. The van der Waals surface area contributed by atoms with Gasteiger partial charge in [0.1, 0.15) is 40.2 Å². The third-order valence-corrected chi connectivity index (χ3v) is 10.9. The fourth-order valence-electron chi connectivity index (χ4n) is 6.82. The first-order valence-corrected chi connectivity index (χ1v) is 20.5. The number of pyridine rings is 2. The van der Waals surface area contributed by atoms with E-state index in [-0.39, 0.29) is 64.5 Å². The molecule has 0 saturated heterocycles. The fraction of sp³-hybridized carbons (Fsp3) is 0.356. The van der Waals surface area contributed by atoms with Crippen LogP contribution in [0.5, 0.6) is 11.5 Å². The Morgan fingerprint density at radius 1 is 0.776 bits per heavy atom. The molecule has 0 bridgehead atoms. The molecule has 1 aliphatic heterocycles. The quantitative estimate of drug-likeness (QED) is 0.0827. The lowest BCUT2D eigenvalue weighted by atomic mass is 10.0. The van der Waals surface area contributed by atoms with E-state index >= 15 is 0 Å². The number of aryl methyl sites for hydroxylation is 2. The molecule has 22 heteroatoms. The number of hydrogen-bond acceptors (Lipinski definition) is 12. The Kier molecular flexibility index (Phi) is 13.9. The van der Waals surface area contributed by atoms with Crippen LogP contribution in [0.4, 0.5) is 26.3 Å². The van der Waals surface area contributed by atoms with Gasteiger partial charge in [0.05, 0.1) is 71.3 Å². The minimum absolute atomic E-state index is 0.00206. The largest absolute Gasteiger partial charge is 0.493 e. The van der Waals surface area contributed by atoms with Gasteiger partial charge in [0.15, 0.2) is 11.4 Å². The number of alkyl halides is 6. The van der Waals surface area contributed by atoms with Crippen molar-refractivity contribution in [3.05, 3.63) is 83.7 Å². The number of aromatic nitrogens is 6. The number of ether oxygens (including phenoxy) is 2. The number of nitriles is 2. The van der Waals surface area contributed by atoms with Gasteiger partial charge in [-0.2, -0.15) is 36.9 Å². The minimum atomic E-state index is -4.66. The first-order valence-electron chi connectivity index (χ1n) is 20.5. The molecule has 67 heavy (non-hydrogen) atoms. The molecule has 3 N–H and O–H groups in total. The van der Waals surface area contributed by atoms with Crippen LogP contribution in [-0.2, 0) is 36.0 Å². The van der Waals surface area contributed by atoms with Gasteiger partial charge >= 0.3 is 12.4 Å². The first kappa shape index (κ1) is 48.9. The second-order valence-electron chi connectivity index (χ2n) is 16.4. The van der Waals surface area contributed by atoms with E-state index in [1.54, 1.807) is 68.0 Å². The van der Waals surface area contributed by atoms with E-state index in [0.29, 0.717) is 48.0 Å². The van der Waals surface area contributed by atoms with Crippen molar-refractivity contribution in [3.63, 3.8) is 0 Å². The molecule has 7 rings (SSSR count). The number of amides is 2. The van der Waals surface area contributed by atoms with Gasteiger partial charge in [0, 0.05) is 31.8 Å². The number of carbonyl (C=O) groups is 2. The van der Waals surface area contributed by atoms with Crippen molar-refractivity contribution in [2.45, 2.75) is 64.0 Å². The van der Waals surface area contributed by atoms with E-state index < -0.39 is 40.5 Å². The zero-order valence-corrected chi connectivity index (χ0v) is 37.0. The van der Waals surface area contributed by atoms with Gasteiger partial charge in [-0.25, -0.2) is 24.9 Å². The van der Waals surface area contributed by atoms with Gasteiger partial charge in [-0.1, -0.05) is 0 Å². The number of primary amides is 1. The fourth-order valence-corrected chi connectivity index (χ4v) is 6.82. The number of hydrogen-bond donors (Lipinski definition) is 2. The lowest BCUT2D eigenvalue weighted by Crippen LogP contribution is -2.51. The van der Waals surface area contributed by atoms with E-state index in [2.05, 4.69) is 30.2 Å². The predicted octanol–water partition coefficient (Wildman–Crippen LogP) is 7.09. The molecule has 350 valence electrons. The van der Waals surface area contributed by atoms with Gasteiger partial charge in [0.2, 0.25) is 5.91 Å². The number of halogens is 6. The van der Waals surface area contributed by atoms with Crippen molar-refractivity contribution in [2.75, 3.05) is 26.3 Å². The Bertz CT molecular complexity index is 2960. The smallest absolute Gasteiger partial charge is 0.419 e. The van der Waals surface area contributed by atoms with Crippen LogP contribution in [0.25, 0.3) is 44.6 Å². The van der Waals surface area contributed by atoms with Crippen LogP contribution in [-0.4, -0.2) is 89.5 Å². The summed E-state index contributed by atoms with van der Waals surface area (Å²) in [6.07, 6.45) is -4.09. The monoisotopic (exact) mass is 930 g/mol. The SMILES string of the molecule is Cn1cnc2c(C#N)nc(-c3ccc(OCCCN4C=NC(=O)C4(C)C)c(C(F)(F)F)c3)cc21.Cn1cnc2c(C#N)nc(-c3ccc(OCCCNC(C)(C)C(N)=O)c(C(F)(F)F)c3)cc21. The number of nitrogens with zero attached hydrogens (tertiary/aromatic N) is 10. The molecule has 5 heterocycles. The zero-order valence-electron chi connectivity index (χ0n) is 37.0. The number of fused-ring (bicyclic) bond motifs is 2. The number of benzene rings is 2. The number of aliphatic imine (C=N–C) groups is 1. The summed E-state index contributed by atoms with van der Waals surface area (Å²) in [7, 11) is 3.45. The van der Waals surface area contributed by atoms with Crippen molar-refractivity contribution in [1.29, 1.82) is 10.5 Å². The highest BCUT2D eigenvalue weighted by molar-refractivity contribution is 5.98. The molecule has 2 aromatic carbocycles. The summed E-state index contributed by atoms with van der Waals surface area (Å²) in [5.74, 6) is -1.41. The minimum Gasteiger partial charge on any atom is -0.493 e. The van der Waals surface area contributed by atoms with Crippen LogP contribution in [0, 0.1) is 22.7 Å². The number of imidazole rings is 2. The van der Waals surface area contributed by atoms with Crippen molar-refractivity contribution < 1.29 is 45.4 Å². The van der Waals surface area contributed by atoms with Crippen LogP contribution in [0.15, 0.2) is 66.2 Å². The summed E-state index contributed by atoms with van der Waals surface area (Å²) < 4.78 is 96.9. The van der Waals surface area contributed by atoms with Gasteiger partial charge in [0.25, 0.3) is 5.91 Å². The molecule has 0 saturated carbocycles. The summed E-state index contributed by atoms with van der Waals surface area (Å²) >= 11 is 0. The van der Waals surface area contributed by atoms with Crippen molar-refractivity contribution >= 4 is 40.2 Å². The summed E-state index contributed by atoms with van der Waals surface area (Å²) in [5.41, 5.74) is 4.53. The van der Waals surface area contributed by atoms with Crippen LogP contribution in [0.2, 0.25) is 0 Å². The predicted molar refractivity (Wildman–Crippen MR) is 233 cm³/mol. The van der Waals surface area contributed by atoms with E-state index in [1.807, 2.05) is 12.1 Å². The Labute approximate surface area is 379 Å². The molecular weight excluding hydrogens is 887 g/mol. The Hall–Kier alpha value is -7.59. The molecule has 16 nitrogen and oxygen atoms in total. The van der Waals surface area contributed by atoms with Crippen LogP contribution in [0.1, 0.15) is 63.1 Å². The number of rotatable bonds is 14. The normalized spacial score (nSPS) is 13.6. The molecule has 1 aliphatic rings. The molecule has 0 unspecified atom stereocenters. The average molecular weight is 931 g/mol. The lowest BCUT2D eigenvalue weighted by molar-refractivity contribution is -0.139. The number of carbonyl (C=O) groups excluding carboxylic acids is 2. The molecule has 2 amide bonds. The van der Waals surface area contributed by atoms with Gasteiger partial charge in [-0.15, -0.1) is 0 Å². The second kappa shape index (κ2) is 19.1. The topological polar surface area (TPSA) is 215 Å². The lowest BCUT2D eigenvalue weighted by Gasteiger charge is -2.29. The maximum absolute atomic E-state index is 13.8. The first-order chi connectivity index (χ1) is 31.5. The van der Waals surface area contributed by atoms with E-state index in [1.165, 1.54) is 43.3 Å². The molecule has 0 radical (unpaired) electrons. The third-order valence-electron chi connectivity index (χ3n) is 10.9. The zero-order chi connectivity index (χ0) is 49.1. The second-order valence-corrected chi connectivity index (χ2v) is 16.4. The Balaban J connectivity index is 0.000000221. The molecule has 0 atom stereocenters. The van der Waals surface area contributed by atoms with Crippen molar-refractivity contribution in [3.8, 4) is 46.2 Å². The molecule has 0 aliphatic carbocycles. The van der Waals surface area contributed by atoms with E-state index in [4.69, 9.17) is 15.2 Å². The maximum Gasteiger partial charge on any atom is 0.419 e. The third kappa shape index (κ3) is 10.8. The summed E-state index contributed by atoms with van der Waals surface area (Å²) in [6, 6.07) is 14.4. The highest BCUT2D eigenvalue weighted by Gasteiger charge is 2.38. The Morgan fingerprint density at radius 2 is 1.24 bits per heavy atom. The standard InChI is InChI=1S/C23H21F3N6O2.C22H23F3N6O2/c1-22(2)21(33)29-13-32(22)7-4-8-34-19-6-5-14(9-15(19)23(24,25)26)16-10-18-20(17(11-27)30-16)28-12-31(18)3;1-21(2,20(27)32)29-7-4-8-33-18-6-5-13(9-14(18)22(23,24)25)15-10-17-19(16(11-26)30-15)28-12-31(17)3/h5-6,9-10,12-13H,4,7-8H2,1-3H3;5-6,9-10,12,29H,4,7-8H2,1-3H3,(H2,27,32). The van der Waals surface area contributed by atoms with Crippen molar-refractivity contribution in [1.82, 2.24) is 39.3 Å². The highest BCUT2D eigenvalue weighted by Crippen LogP contribution is 2.41. The van der Waals surface area contributed by atoms with Crippen LogP contribution in [0.3, 0.4) is 0 Å². The van der Waals surface area contributed by atoms with Gasteiger partial charge < -0.3 is 34.6 Å². The molecule has 4 aromatic heterocycles. The van der Waals surface area contributed by atoms with E-state index in [9.17, 15) is 46.5 Å². The molecular formula is C45H44F6N12O4. The van der Waals surface area contributed by atoms with Crippen LogP contribution < -0.4 is 20.5 Å².